The lowest BCUT2D eigenvalue weighted by atomic mass is 10.1. The van der Waals surface area contributed by atoms with Crippen molar-refractivity contribution in [3.05, 3.63) is 39.5 Å². The highest BCUT2D eigenvalue weighted by Gasteiger charge is 2.10. The Balaban J connectivity index is 2.46. The number of benzene rings is 1. The zero-order chi connectivity index (χ0) is 11.7. The van der Waals surface area contributed by atoms with Crippen LogP contribution in [0.1, 0.15) is 25.5 Å². The molecule has 84 valence electrons. The van der Waals surface area contributed by atoms with Gasteiger partial charge in [-0.15, -0.1) is 0 Å². The third kappa shape index (κ3) is 2.30. The maximum absolute atomic E-state index is 6.14. The van der Waals surface area contributed by atoms with Gasteiger partial charge in [0.2, 0.25) is 0 Å². The minimum absolute atomic E-state index is 0.437. The molecule has 0 radical (unpaired) electrons. The Hall–Kier alpha value is -0.800. The van der Waals surface area contributed by atoms with Crippen LogP contribution in [-0.4, -0.2) is 10.2 Å². The Labute approximate surface area is 108 Å². The summed E-state index contributed by atoms with van der Waals surface area (Å²) in [5.41, 5.74) is 2.94. The van der Waals surface area contributed by atoms with Crippen molar-refractivity contribution in [3.8, 4) is 11.3 Å². The molecule has 0 fully saturated rings. The first-order valence-corrected chi connectivity index (χ1v) is 6.25. The summed E-state index contributed by atoms with van der Waals surface area (Å²) in [4.78, 5) is 0. The topological polar surface area (TPSA) is 28.7 Å². The van der Waals surface area contributed by atoms with E-state index in [2.05, 4.69) is 40.0 Å². The monoisotopic (exact) mass is 298 g/mol. The van der Waals surface area contributed by atoms with E-state index in [1.807, 2.05) is 24.3 Å². The summed E-state index contributed by atoms with van der Waals surface area (Å²) >= 11 is 9.58. The lowest BCUT2D eigenvalue weighted by Gasteiger charge is -2.01. The van der Waals surface area contributed by atoms with Crippen molar-refractivity contribution in [1.82, 2.24) is 10.2 Å². The lowest BCUT2D eigenvalue weighted by molar-refractivity contribution is 0.811. The van der Waals surface area contributed by atoms with Gasteiger partial charge >= 0.3 is 0 Å². The molecule has 0 aliphatic rings. The molecule has 0 atom stereocenters. The molecule has 2 nitrogen and oxygen atoms in total. The molecule has 0 spiro atoms. The number of rotatable bonds is 2. The van der Waals surface area contributed by atoms with Crippen LogP contribution in [0.25, 0.3) is 11.3 Å². The van der Waals surface area contributed by atoms with Gasteiger partial charge in [-0.1, -0.05) is 41.4 Å². The average Bonchev–Trinajstić information content (AvgIpc) is 2.70. The fourth-order valence-corrected chi connectivity index (χ4v) is 2.04. The second-order valence-corrected chi connectivity index (χ2v) is 5.31. The average molecular weight is 300 g/mol. The fourth-order valence-electron chi connectivity index (χ4n) is 1.46. The van der Waals surface area contributed by atoms with E-state index in [1.54, 1.807) is 0 Å². The number of hydrogen-bond acceptors (Lipinski definition) is 1. The number of hydrogen-bond donors (Lipinski definition) is 1. The summed E-state index contributed by atoms with van der Waals surface area (Å²) in [6, 6.07) is 7.80. The van der Waals surface area contributed by atoms with Gasteiger partial charge in [0.05, 0.1) is 10.7 Å². The molecule has 0 saturated carbocycles. The second kappa shape index (κ2) is 4.60. The van der Waals surface area contributed by atoms with Gasteiger partial charge in [-0.3, -0.25) is 5.10 Å². The third-order valence-electron chi connectivity index (χ3n) is 2.42. The van der Waals surface area contributed by atoms with Crippen molar-refractivity contribution in [2.24, 2.45) is 0 Å². The molecule has 0 aliphatic carbocycles. The second-order valence-electron chi connectivity index (χ2n) is 3.99. The van der Waals surface area contributed by atoms with Crippen molar-refractivity contribution in [2.45, 2.75) is 19.8 Å². The summed E-state index contributed by atoms with van der Waals surface area (Å²) in [5.74, 6) is 0.437. The molecular weight excluding hydrogens is 288 g/mol. The molecule has 2 rings (SSSR count). The first-order chi connectivity index (χ1) is 7.58. The van der Waals surface area contributed by atoms with Crippen molar-refractivity contribution >= 4 is 27.5 Å². The zero-order valence-electron chi connectivity index (χ0n) is 9.09. The highest BCUT2D eigenvalue weighted by molar-refractivity contribution is 9.10. The van der Waals surface area contributed by atoms with E-state index in [9.17, 15) is 0 Å². The number of aromatic nitrogens is 2. The Morgan fingerprint density at radius 2 is 2.06 bits per heavy atom. The molecule has 1 aromatic heterocycles. The molecule has 0 bridgehead atoms. The maximum Gasteiger partial charge on any atom is 0.0939 e. The van der Waals surface area contributed by atoms with Gasteiger partial charge in [0.25, 0.3) is 0 Å². The molecule has 2 aromatic rings. The van der Waals surface area contributed by atoms with Gasteiger partial charge in [-0.25, -0.2) is 0 Å². The lowest BCUT2D eigenvalue weighted by Crippen LogP contribution is -1.85. The largest absolute Gasteiger partial charge is 0.282 e. The molecule has 0 aliphatic heterocycles. The van der Waals surface area contributed by atoms with Crippen molar-refractivity contribution in [3.63, 3.8) is 0 Å². The molecule has 4 heteroatoms. The van der Waals surface area contributed by atoms with E-state index in [-0.39, 0.29) is 0 Å². The Kier molecular flexibility index (Phi) is 3.36. The fraction of sp³-hybridized carbons (Fsp3) is 0.250. The third-order valence-corrected chi connectivity index (χ3v) is 3.25. The highest BCUT2D eigenvalue weighted by atomic mass is 79.9. The highest BCUT2D eigenvalue weighted by Crippen LogP contribution is 2.30. The van der Waals surface area contributed by atoms with Gasteiger partial charge in [0, 0.05) is 15.7 Å². The van der Waals surface area contributed by atoms with Crippen LogP contribution in [0.3, 0.4) is 0 Å². The summed E-state index contributed by atoms with van der Waals surface area (Å²) in [5, 5.41) is 8.02. The minimum Gasteiger partial charge on any atom is -0.282 e. The smallest absolute Gasteiger partial charge is 0.0939 e. The normalized spacial score (nSPS) is 11.1. The van der Waals surface area contributed by atoms with E-state index in [0.29, 0.717) is 10.9 Å². The van der Waals surface area contributed by atoms with Crippen molar-refractivity contribution in [1.29, 1.82) is 0 Å². The van der Waals surface area contributed by atoms with Gasteiger partial charge in [-0.05, 0) is 30.2 Å². The van der Waals surface area contributed by atoms with Crippen LogP contribution >= 0.6 is 27.5 Å². The number of nitrogens with zero attached hydrogens (tertiary/aromatic N) is 1. The summed E-state index contributed by atoms with van der Waals surface area (Å²) in [7, 11) is 0. The van der Waals surface area contributed by atoms with Crippen molar-refractivity contribution in [2.75, 3.05) is 0 Å². The molecule has 1 aromatic carbocycles. The van der Waals surface area contributed by atoms with Gasteiger partial charge in [0.1, 0.15) is 0 Å². The Morgan fingerprint density at radius 3 is 2.69 bits per heavy atom. The number of halogens is 2. The van der Waals surface area contributed by atoms with Gasteiger partial charge in [0.15, 0.2) is 0 Å². The Morgan fingerprint density at radius 1 is 1.31 bits per heavy atom. The SMILES string of the molecule is CC(C)c1cc(-c2cc(Br)ccc2Cl)n[nH]1. The molecule has 16 heavy (non-hydrogen) atoms. The van der Waals surface area contributed by atoms with Crippen LogP contribution in [0.4, 0.5) is 0 Å². The standard InChI is InChI=1S/C12H12BrClN2/c1-7(2)11-6-12(16-15-11)9-5-8(13)3-4-10(9)14/h3-7H,1-2H3,(H,15,16). The zero-order valence-corrected chi connectivity index (χ0v) is 11.4. The predicted octanol–water partition coefficient (Wildman–Crippen LogP) is 4.62. The Bertz CT molecular complexity index is 505. The van der Waals surface area contributed by atoms with Gasteiger partial charge in [-0.2, -0.15) is 5.10 Å². The maximum atomic E-state index is 6.14. The van der Waals surface area contributed by atoms with Crippen LogP contribution in [0.2, 0.25) is 5.02 Å². The van der Waals surface area contributed by atoms with Crippen molar-refractivity contribution < 1.29 is 0 Å². The van der Waals surface area contributed by atoms with Crippen LogP contribution < -0.4 is 0 Å². The van der Waals surface area contributed by atoms with Gasteiger partial charge < -0.3 is 0 Å². The van der Waals surface area contributed by atoms with Crippen LogP contribution in [0, 0.1) is 0 Å². The first-order valence-electron chi connectivity index (χ1n) is 5.08. The molecule has 0 amide bonds. The van der Waals surface area contributed by atoms with Crippen LogP contribution in [0.5, 0.6) is 0 Å². The molecule has 0 saturated heterocycles. The quantitative estimate of drug-likeness (QED) is 0.861. The number of H-pyrrole nitrogens is 1. The van der Waals surface area contributed by atoms with E-state index in [0.717, 1.165) is 21.4 Å². The molecular formula is C12H12BrClN2. The molecule has 0 unspecified atom stereocenters. The van der Waals surface area contributed by atoms with Crippen LogP contribution in [-0.2, 0) is 0 Å². The minimum atomic E-state index is 0.437. The summed E-state index contributed by atoms with van der Waals surface area (Å²) in [6.45, 7) is 4.25. The van der Waals surface area contributed by atoms with E-state index in [1.165, 1.54) is 0 Å². The summed E-state index contributed by atoms with van der Waals surface area (Å²) in [6.07, 6.45) is 0. The van der Waals surface area contributed by atoms with E-state index < -0.39 is 0 Å². The first kappa shape index (κ1) is 11.7. The molecule has 1 heterocycles. The van der Waals surface area contributed by atoms with E-state index >= 15 is 0 Å². The number of aromatic amines is 1. The van der Waals surface area contributed by atoms with Crippen LogP contribution in [0.15, 0.2) is 28.7 Å². The summed E-state index contributed by atoms with van der Waals surface area (Å²) < 4.78 is 1.00. The number of nitrogens with one attached hydrogen (secondary N) is 1. The predicted molar refractivity (Wildman–Crippen MR) is 70.8 cm³/mol. The molecule has 1 N–H and O–H groups in total. The van der Waals surface area contributed by atoms with E-state index in [4.69, 9.17) is 11.6 Å².